The number of hydrogen-bond acceptors (Lipinski definition) is 3. The van der Waals surface area contributed by atoms with E-state index >= 15 is 0 Å². The van der Waals surface area contributed by atoms with Gasteiger partial charge in [-0.25, -0.2) is 0 Å². The van der Waals surface area contributed by atoms with Crippen LogP contribution in [0.1, 0.15) is 22.4 Å². The number of nitrogens with one attached hydrogen (secondary N) is 1. The molecule has 0 radical (unpaired) electrons. The molecule has 0 amide bonds. The predicted octanol–water partition coefficient (Wildman–Crippen LogP) is 2.94. The van der Waals surface area contributed by atoms with Gasteiger partial charge in [-0.2, -0.15) is 0 Å². The van der Waals surface area contributed by atoms with Crippen LogP contribution in [0.4, 0.5) is 0 Å². The average Bonchev–Trinajstić information content (AvgIpc) is 2.26. The fourth-order valence-corrected chi connectivity index (χ4v) is 3.34. The summed E-state index contributed by atoms with van der Waals surface area (Å²) in [5.41, 5.74) is 3.75. The van der Waals surface area contributed by atoms with E-state index in [0.717, 1.165) is 21.0 Å². The molecule has 1 aromatic heterocycles. The fraction of sp³-hybridized carbons (Fsp3) is 0.267. The number of rotatable bonds is 3. The van der Waals surface area contributed by atoms with Gasteiger partial charge >= 0.3 is 0 Å². The van der Waals surface area contributed by atoms with Crippen molar-refractivity contribution in [1.29, 1.82) is 0 Å². The molecule has 0 aliphatic carbocycles. The van der Waals surface area contributed by atoms with Crippen LogP contribution in [0.5, 0.6) is 0 Å². The number of aromatic nitrogens is 1. The summed E-state index contributed by atoms with van der Waals surface area (Å²) >= 11 is 1.52. The highest BCUT2D eigenvalue weighted by Crippen LogP contribution is 2.31. The summed E-state index contributed by atoms with van der Waals surface area (Å²) in [6.07, 6.45) is 0. The van der Waals surface area contributed by atoms with E-state index < -0.39 is 0 Å². The lowest BCUT2D eigenvalue weighted by atomic mass is 10.2. The Morgan fingerprint density at radius 2 is 1.74 bits per heavy atom. The second-order valence-electron chi connectivity index (χ2n) is 4.68. The van der Waals surface area contributed by atoms with Gasteiger partial charge in [0.25, 0.3) is 0 Å². The Morgan fingerprint density at radius 1 is 1.11 bits per heavy atom. The third-order valence-corrected chi connectivity index (χ3v) is 3.96. The van der Waals surface area contributed by atoms with Crippen LogP contribution in [0.3, 0.4) is 0 Å². The summed E-state index contributed by atoms with van der Waals surface area (Å²) in [5.74, 6) is 0. The van der Waals surface area contributed by atoms with Gasteiger partial charge in [0.15, 0.2) is 0 Å². The van der Waals surface area contributed by atoms with Crippen molar-refractivity contribution in [3.63, 3.8) is 0 Å². The largest absolute Gasteiger partial charge is 0.392 e. The monoisotopic (exact) mass is 275 g/mol. The van der Waals surface area contributed by atoms with Crippen molar-refractivity contribution in [2.45, 2.75) is 37.2 Å². The maximum atomic E-state index is 11.6. The smallest absolute Gasteiger partial charge is 0.249 e. The predicted molar refractivity (Wildman–Crippen MR) is 77.8 cm³/mol. The zero-order chi connectivity index (χ0) is 14.0. The Bertz CT molecular complexity index is 641. The van der Waals surface area contributed by atoms with Crippen LogP contribution in [0.25, 0.3) is 0 Å². The van der Waals surface area contributed by atoms with Crippen LogP contribution in [0.15, 0.2) is 38.9 Å². The standard InChI is InChI=1S/C15H17NO2S/c1-9-4-10(2)6-12(5-9)19-14-7-15(18)16-11(3)13(14)8-17/h4-7,17H,8H2,1-3H3,(H,16,18). The molecular weight excluding hydrogens is 258 g/mol. The Balaban J connectivity index is 2.45. The van der Waals surface area contributed by atoms with Gasteiger partial charge in [0.2, 0.25) is 5.56 Å². The minimum Gasteiger partial charge on any atom is -0.392 e. The van der Waals surface area contributed by atoms with Crippen LogP contribution >= 0.6 is 11.8 Å². The Labute approximate surface area is 116 Å². The van der Waals surface area contributed by atoms with Crippen molar-refractivity contribution < 1.29 is 5.11 Å². The van der Waals surface area contributed by atoms with Gasteiger partial charge < -0.3 is 10.1 Å². The number of aryl methyl sites for hydroxylation is 3. The lowest BCUT2D eigenvalue weighted by molar-refractivity contribution is 0.277. The van der Waals surface area contributed by atoms with Gasteiger partial charge in [-0.1, -0.05) is 17.8 Å². The number of pyridine rings is 1. The lowest BCUT2D eigenvalue weighted by Gasteiger charge is -2.10. The third kappa shape index (κ3) is 3.28. The van der Waals surface area contributed by atoms with Crippen LogP contribution in [-0.4, -0.2) is 10.1 Å². The summed E-state index contributed by atoms with van der Waals surface area (Å²) in [4.78, 5) is 16.2. The van der Waals surface area contributed by atoms with Crippen LogP contribution in [0, 0.1) is 20.8 Å². The summed E-state index contributed by atoms with van der Waals surface area (Å²) in [5, 5.41) is 9.44. The molecule has 4 heteroatoms. The Morgan fingerprint density at radius 3 is 2.32 bits per heavy atom. The van der Waals surface area contributed by atoms with Crippen molar-refractivity contribution in [3.05, 3.63) is 57.0 Å². The quantitative estimate of drug-likeness (QED) is 0.905. The van der Waals surface area contributed by atoms with Crippen molar-refractivity contribution in [2.24, 2.45) is 0 Å². The average molecular weight is 275 g/mol. The van der Waals surface area contributed by atoms with E-state index in [4.69, 9.17) is 0 Å². The van der Waals surface area contributed by atoms with E-state index in [2.05, 4.69) is 23.2 Å². The van der Waals surface area contributed by atoms with Gasteiger partial charge in [0.05, 0.1) is 6.61 Å². The molecule has 0 spiro atoms. The molecule has 0 bridgehead atoms. The maximum Gasteiger partial charge on any atom is 0.249 e. The first-order valence-electron chi connectivity index (χ1n) is 6.09. The molecule has 1 heterocycles. The lowest BCUT2D eigenvalue weighted by Crippen LogP contribution is -2.09. The molecule has 0 atom stereocenters. The van der Waals surface area contributed by atoms with Crippen LogP contribution < -0.4 is 5.56 Å². The number of hydrogen-bond donors (Lipinski definition) is 2. The normalized spacial score (nSPS) is 10.7. The van der Waals surface area contributed by atoms with Gasteiger partial charge in [0.1, 0.15) is 0 Å². The molecule has 2 aromatic rings. The van der Waals surface area contributed by atoms with Crippen LogP contribution in [-0.2, 0) is 6.61 Å². The molecule has 0 saturated carbocycles. The highest BCUT2D eigenvalue weighted by atomic mass is 32.2. The van der Waals surface area contributed by atoms with Crippen LogP contribution in [0.2, 0.25) is 0 Å². The highest BCUT2D eigenvalue weighted by molar-refractivity contribution is 7.99. The molecular formula is C15H17NO2S. The summed E-state index contributed by atoms with van der Waals surface area (Å²) in [6.45, 7) is 5.83. The first kappa shape index (κ1) is 13.9. The molecule has 19 heavy (non-hydrogen) atoms. The van der Waals surface area contributed by atoms with E-state index in [-0.39, 0.29) is 12.2 Å². The van der Waals surface area contributed by atoms with E-state index in [9.17, 15) is 9.90 Å². The maximum absolute atomic E-state index is 11.6. The SMILES string of the molecule is Cc1cc(C)cc(Sc2cc(=O)[nH]c(C)c2CO)c1. The van der Waals surface area contributed by atoms with E-state index in [1.54, 1.807) is 13.0 Å². The summed E-state index contributed by atoms with van der Waals surface area (Å²) < 4.78 is 0. The van der Waals surface area contributed by atoms with Crippen molar-refractivity contribution in [1.82, 2.24) is 4.98 Å². The topological polar surface area (TPSA) is 53.1 Å². The molecule has 0 aliphatic rings. The summed E-state index contributed by atoms with van der Waals surface area (Å²) in [6, 6.07) is 7.81. The molecule has 3 nitrogen and oxygen atoms in total. The van der Waals surface area contributed by atoms with Gasteiger partial charge in [-0.15, -0.1) is 0 Å². The third-order valence-electron chi connectivity index (χ3n) is 2.90. The Kier molecular flexibility index (Phi) is 4.12. The number of aliphatic hydroxyl groups excluding tert-OH is 1. The van der Waals surface area contributed by atoms with Crippen molar-refractivity contribution in [2.75, 3.05) is 0 Å². The van der Waals surface area contributed by atoms with Gasteiger partial charge in [-0.3, -0.25) is 4.79 Å². The van der Waals surface area contributed by atoms with Gasteiger partial charge in [-0.05, 0) is 44.0 Å². The molecule has 100 valence electrons. The first-order chi connectivity index (χ1) is 8.99. The molecule has 0 unspecified atom stereocenters. The zero-order valence-electron chi connectivity index (χ0n) is 11.3. The second-order valence-corrected chi connectivity index (χ2v) is 5.80. The highest BCUT2D eigenvalue weighted by Gasteiger charge is 2.09. The zero-order valence-corrected chi connectivity index (χ0v) is 12.1. The summed E-state index contributed by atoms with van der Waals surface area (Å²) in [7, 11) is 0. The molecule has 1 aromatic carbocycles. The molecule has 2 N–H and O–H groups in total. The molecule has 0 saturated heterocycles. The van der Waals surface area contributed by atoms with E-state index in [1.807, 2.05) is 13.8 Å². The minimum atomic E-state index is -0.137. The van der Waals surface area contributed by atoms with Gasteiger partial charge in [0, 0.05) is 27.1 Å². The van der Waals surface area contributed by atoms with Crippen molar-refractivity contribution >= 4 is 11.8 Å². The number of aliphatic hydroxyl groups is 1. The number of aromatic amines is 1. The Hall–Kier alpha value is -1.52. The second kappa shape index (κ2) is 5.63. The number of benzene rings is 1. The minimum absolute atomic E-state index is 0.0737. The molecule has 0 aliphatic heterocycles. The van der Waals surface area contributed by atoms with E-state index in [1.165, 1.54) is 22.9 Å². The van der Waals surface area contributed by atoms with Crippen molar-refractivity contribution in [3.8, 4) is 0 Å². The molecule has 2 rings (SSSR count). The van der Waals surface area contributed by atoms with E-state index in [0.29, 0.717) is 0 Å². The fourth-order valence-electron chi connectivity index (χ4n) is 2.09. The molecule has 0 fully saturated rings. The first-order valence-corrected chi connectivity index (χ1v) is 6.91. The number of H-pyrrole nitrogens is 1.